The number of esters is 1. The number of fused-ring (bicyclic) bond motifs is 1. The molecule has 2 aliphatic rings. The number of hydrogen-bond donors (Lipinski definition) is 0. The van der Waals surface area contributed by atoms with Gasteiger partial charge in [0.2, 0.25) is 0 Å². The molecule has 0 spiro atoms. The van der Waals surface area contributed by atoms with Crippen molar-refractivity contribution in [3.63, 3.8) is 0 Å². The van der Waals surface area contributed by atoms with Crippen LogP contribution in [0.5, 0.6) is 0 Å². The maximum atomic E-state index is 11.9. The molecular formula is C24H41BO4P2Si. The predicted octanol–water partition coefficient (Wildman–Crippen LogP) is 5.86. The van der Waals surface area contributed by atoms with Crippen LogP contribution in [0.2, 0.25) is 18.1 Å². The molecule has 1 aliphatic heterocycles. The number of hydrogen-bond acceptors (Lipinski definition) is 4. The smallest absolute Gasteiger partial charge is 0.336 e. The summed E-state index contributed by atoms with van der Waals surface area (Å²) in [6.45, 7) is 11.6. The molecule has 7 atom stereocenters. The fourth-order valence-electron chi connectivity index (χ4n) is 4.92. The first-order valence-corrected chi connectivity index (χ1v) is 16.3. The molecule has 0 amide bonds. The van der Waals surface area contributed by atoms with Crippen molar-refractivity contribution in [2.24, 2.45) is 11.8 Å². The van der Waals surface area contributed by atoms with Gasteiger partial charge in [0.25, 0.3) is 0 Å². The van der Waals surface area contributed by atoms with Gasteiger partial charge in [-0.15, -0.1) is 18.2 Å². The van der Waals surface area contributed by atoms with Gasteiger partial charge in [0.15, 0.2) is 8.32 Å². The SMILES string of the molecule is CC(C)(C)[Si](C)(C)O[C@@H](CCc1ccccc1)CC[C@@H]1[C@H]2CC(=O)O[C@H]2C[C@H]1OB(P)P. The Balaban J connectivity index is 1.69. The number of carbonyl (C=O) groups is 1. The minimum absolute atomic E-state index is 0.0226. The van der Waals surface area contributed by atoms with Gasteiger partial charge in [-0.05, 0) is 55.3 Å². The first-order valence-electron chi connectivity index (χ1n) is 12.0. The van der Waals surface area contributed by atoms with Crippen molar-refractivity contribution in [3.05, 3.63) is 35.9 Å². The van der Waals surface area contributed by atoms with E-state index in [2.05, 4.69) is 82.4 Å². The number of rotatable bonds is 10. The molecule has 1 aliphatic carbocycles. The standard InChI is InChI=1S/C24H41BO4P2Si/c1-24(2,3)32(4,5)29-18(12-11-17-9-7-6-8-10-17)13-14-19-20-15-23(26)27-21(20)16-22(19)28-25(30)31/h6-10,18-22H,11-16,30-31H2,1-5H3/t18-,19+,20+,21-,22+/m0/s1. The molecule has 1 aromatic rings. The summed E-state index contributed by atoms with van der Waals surface area (Å²) in [6, 6.07) is 10.7. The summed E-state index contributed by atoms with van der Waals surface area (Å²) in [4.78, 5) is 11.9. The van der Waals surface area contributed by atoms with Crippen LogP contribution in [0.15, 0.2) is 30.3 Å². The lowest BCUT2D eigenvalue weighted by molar-refractivity contribution is -0.141. The lowest BCUT2D eigenvalue weighted by atomic mass is 9.86. The summed E-state index contributed by atoms with van der Waals surface area (Å²) >= 11 is 0. The van der Waals surface area contributed by atoms with Gasteiger partial charge in [-0.3, -0.25) is 4.79 Å². The summed E-state index contributed by atoms with van der Waals surface area (Å²) in [5.41, 5.74) is 1.36. The number of benzene rings is 1. The average molecular weight is 494 g/mol. The number of carbonyl (C=O) groups excluding carboxylic acids is 1. The molecule has 8 heteroatoms. The minimum Gasteiger partial charge on any atom is -0.462 e. The van der Waals surface area contributed by atoms with Crippen LogP contribution < -0.4 is 0 Å². The molecule has 0 N–H and O–H groups in total. The number of aryl methyl sites for hydroxylation is 1. The third kappa shape index (κ3) is 6.89. The maximum absolute atomic E-state index is 11.9. The van der Waals surface area contributed by atoms with Crippen LogP contribution in [0, 0.1) is 11.8 Å². The van der Waals surface area contributed by atoms with Crippen LogP contribution >= 0.6 is 18.2 Å². The highest BCUT2D eigenvalue weighted by atomic mass is 31.1. The molecular weight excluding hydrogens is 453 g/mol. The summed E-state index contributed by atoms with van der Waals surface area (Å²) in [5, 5.41) is 0.180. The second-order valence-corrected chi connectivity index (χ2v) is 17.9. The van der Waals surface area contributed by atoms with Crippen LogP contribution in [0.1, 0.15) is 58.4 Å². The Bertz CT molecular complexity index is 756. The van der Waals surface area contributed by atoms with E-state index in [-0.39, 0.29) is 41.6 Å². The fraction of sp³-hybridized carbons (Fsp3) is 0.708. The first-order chi connectivity index (χ1) is 15.0. The molecule has 0 bridgehead atoms. The van der Waals surface area contributed by atoms with Gasteiger partial charge in [-0.1, -0.05) is 51.1 Å². The molecule has 0 radical (unpaired) electrons. The highest BCUT2D eigenvalue weighted by Gasteiger charge is 2.50. The normalized spacial score (nSPS) is 26.7. The van der Waals surface area contributed by atoms with Crippen LogP contribution in [0.25, 0.3) is 0 Å². The largest absolute Gasteiger partial charge is 0.462 e. The van der Waals surface area contributed by atoms with E-state index in [9.17, 15) is 4.79 Å². The highest BCUT2D eigenvalue weighted by Crippen LogP contribution is 2.46. The quantitative estimate of drug-likeness (QED) is 0.232. The van der Waals surface area contributed by atoms with Crippen LogP contribution in [0.3, 0.4) is 0 Å². The van der Waals surface area contributed by atoms with Crippen molar-refractivity contribution in [2.45, 2.75) is 95.7 Å². The Labute approximate surface area is 200 Å². The summed E-state index contributed by atoms with van der Waals surface area (Å²) in [6.07, 6.45) is 5.82. The monoisotopic (exact) mass is 494 g/mol. The van der Waals surface area contributed by atoms with Crippen molar-refractivity contribution in [3.8, 4) is 0 Å². The van der Waals surface area contributed by atoms with E-state index < -0.39 is 8.32 Å². The third-order valence-corrected chi connectivity index (χ3v) is 12.5. The van der Waals surface area contributed by atoms with Gasteiger partial charge in [0, 0.05) is 24.5 Å². The molecule has 1 saturated carbocycles. The van der Waals surface area contributed by atoms with Gasteiger partial charge >= 0.3 is 12.3 Å². The van der Waals surface area contributed by atoms with Gasteiger partial charge in [-0.2, -0.15) is 0 Å². The molecule has 2 unspecified atom stereocenters. The van der Waals surface area contributed by atoms with E-state index in [0.717, 1.165) is 32.1 Å². The van der Waals surface area contributed by atoms with Crippen LogP contribution in [-0.2, 0) is 25.0 Å². The van der Waals surface area contributed by atoms with Gasteiger partial charge in [-0.25, -0.2) is 0 Å². The van der Waals surface area contributed by atoms with Gasteiger partial charge < -0.3 is 13.8 Å². The molecule has 1 heterocycles. The molecule has 1 aromatic carbocycles. The Morgan fingerprint density at radius 1 is 1.19 bits per heavy atom. The second-order valence-electron chi connectivity index (χ2n) is 11.0. The van der Waals surface area contributed by atoms with Crippen LogP contribution in [0.4, 0.5) is 0 Å². The fourth-order valence-corrected chi connectivity index (χ4v) is 6.75. The van der Waals surface area contributed by atoms with E-state index in [1.807, 2.05) is 0 Å². The Morgan fingerprint density at radius 3 is 2.50 bits per heavy atom. The molecule has 4 nitrogen and oxygen atoms in total. The lowest BCUT2D eigenvalue weighted by Crippen LogP contribution is -2.44. The van der Waals surface area contributed by atoms with Crippen molar-refractivity contribution < 1.29 is 18.6 Å². The topological polar surface area (TPSA) is 44.8 Å². The minimum atomic E-state index is -1.88. The second kappa shape index (κ2) is 11.0. The van der Waals surface area contributed by atoms with Crippen molar-refractivity contribution >= 4 is 38.9 Å². The molecule has 2 fully saturated rings. The van der Waals surface area contributed by atoms with Crippen LogP contribution in [-0.4, -0.2) is 39.0 Å². The Morgan fingerprint density at radius 2 is 1.88 bits per heavy atom. The van der Waals surface area contributed by atoms with E-state index in [1.165, 1.54) is 5.56 Å². The molecule has 3 rings (SSSR count). The zero-order chi connectivity index (χ0) is 23.5. The molecule has 0 aromatic heterocycles. The van der Waals surface area contributed by atoms with Crippen molar-refractivity contribution in [1.29, 1.82) is 0 Å². The molecule has 178 valence electrons. The zero-order valence-corrected chi connectivity index (χ0v) is 23.7. The Hall–Kier alpha value is -0.248. The Kier molecular flexibility index (Phi) is 9.06. The van der Waals surface area contributed by atoms with E-state index in [4.69, 9.17) is 13.8 Å². The summed E-state index contributed by atoms with van der Waals surface area (Å²) in [5.74, 6) is 0.580. The predicted molar refractivity (Wildman–Crippen MR) is 142 cm³/mol. The first kappa shape index (κ1) is 26.4. The van der Waals surface area contributed by atoms with Crippen molar-refractivity contribution in [1.82, 2.24) is 0 Å². The zero-order valence-electron chi connectivity index (χ0n) is 20.4. The maximum Gasteiger partial charge on any atom is 0.336 e. The van der Waals surface area contributed by atoms with Gasteiger partial charge in [0.05, 0.1) is 6.42 Å². The number of ether oxygens (including phenoxy) is 1. The molecule has 1 saturated heterocycles. The third-order valence-electron chi connectivity index (χ3n) is 7.67. The van der Waals surface area contributed by atoms with E-state index in [0.29, 0.717) is 12.3 Å². The summed E-state index contributed by atoms with van der Waals surface area (Å²) < 4.78 is 18.7. The van der Waals surface area contributed by atoms with Gasteiger partial charge in [0.1, 0.15) is 6.10 Å². The highest BCUT2D eigenvalue weighted by molar-refractivity contribution is 7.92. The average Bonchev–Trinajstić information content (AvgIpc) is 3.19. The van der Waals surface area contributed by atoms with Crippen molar-refractivity contribution in [2.75, 3.05) is 0 Å². The van der Waals surface area contributed by atoms with E-state index >= 15 is 0 Å². The van der Waals surface area contributed by atoms with E-state index in [1.54, 1.807) is 0 Å². The molecule has 32 heavy (non-hydrogen) atoms. The lowest BCUT2D eigenvalue weighted by Gasteiger charge is -2.40. The summed E-state index contributed by atoms with van der Waals surface area (Å²) in [7, 11) is 3.53.